The third-order valence-corrected chi connectivity index (χ3v) is 0.354. The van der Waals surface area contributed by atoms with E-state index < -0.39 is 8.25 Å². The number of hydrogen-bond donors (Lipinski definition) is 3. The lowest BCUT2D eigenvalue weighted by Gasteiger charge is -1.76. The van der Waals surface area contributed by atoms with Crippen molar-refractivity contribution in [2.75, 3.05) is 13.6 Å². The second-order valence-electron chi connectivity index (χ2n) is 0.990. The average Bonchev–Trinajstić information content (AvgIpc) is 1.65. The summed E-state index contributed by atoms with van der Waals surface area (Å²) in [6.07, 6.45) is 0. The van der Waals surface area contributed by atoms with Gasteiger partial charge in [0.05, 0.1) is 0 Å². The molecule has 0 rings (SSSR count). The Bertz CT molecular complexity index is 52.5. The van der Waals surface area contributed by atoms with E-state index in [2.05, 4.69) is 12.2 Å². The normalized spacial score (nSPS) is 8.12. The second kappa shape index (κ2) is 10.2. The summed E-state index contributed by atoms with van der Waals surface area (Å²) < 4.78 is 8.74. The van der Waals surface area contributed by atoms with Crippen LogP contribution in [0.15, 0.2) is 0 Å². The van der Waals surface area contributed by atoms with Crippen molar-refractivity contribution in [1.29, 1.82) is 0 Å². The maximum absolute atomic E-state index is 8.74. The molecule has 0 aromatic rings. The minimum Gasteiger partial charge on any atom is -0.326 e. The van der Waals surface area contributed by atoms with Crippen LogP contribution < -0.4 is 5.32 Å². The van der Waals surface area contributed by atoms with Crippen molar-refractivity contribution in [2.24, 2.45) is 0 Å². The molecule has 5 heteroatoms. The summed E-state index contributed by atoms with van der Waals surface area (Å²) in [6, 6.07) is 0. The van der Waals surface area contributed by atoms with E-state index in [0.717, 1.165) is 6.54 Å². The van der Waals surface area contributed by atoms with Gasteiger partial charge in [0, 0.05) is 0 Å². The summed E-state index contributed by atoms with van der Waals surface area (Å²) in [5, 5.41) is 2.93. The molecule has 0 spiro atoms. The number of hydrogen-bond acceptors (Lipinski definition) is 2. The molecule has 0 amide bonds. The van der Waals surface area contributed by atoms with Crippen LogP contribution in [0.3, 0.4) is 0 Å². The van der Waals surface area contributed by atoms with Crippen LogP contribution in [0.5, 0.6) is 0 Å². The van der Waals surface area contributed by atoms with Gasteiger partial charge in [0.25, 0.3) is 0 Å². The summed E-state index contributed by atoms with van der Waals surface area (Å²) in [4.78, 5) is 14.3. The van der Waals surface area contributed by atoms with Gasteiger partial charge in [0.1, 0.15) is 0 Å². The molecule has 0 aromatic carbocycles. The molecular formula is C3H12NO3P. The lowest BCUT2D eigenvalue weighted by molar-refractivity contribution is 0.405. The zero-order chi connectivity index (χ0) is 6.99. The van der Waals surface area contributed by atoms with E-state index in [1.165, 1.54) is 0 Å². The van der Waals surface area contributed by atoms with Crippen molar-refractivity contribution in [2.45, 2.75) is 6.92 Å². The molecule has 0 saturated heterocycles. The van der Waals surface area contributed by atoms with Gasteiger partial charge < -0.3 is 15.1 Å². The molecule has 0 aliphatic carbocycles. The molecule has 4 nitrogen and oxygen atoms in total. The van der Waals surface area contributed by atoms with Crippen molar-refractivity contribution in [3.8, 4) is 0 Å². The van der Waals surface area contributed by atoms with E-state index in [9.17, 15) is 0 Å². The highest BCUT2D eigenvalue weighted by Gasteiger charge is 1.61. The van der Waals surface area contributed by atoms with Crippen LogP contribution in [0, 0.1) is 0 Å². The van der Waals surface area contributed by atoms with Crippen molar-refractivity contribution in [1.82, 2.24) is 5.32 Å². The van der Waals surface area contributed by atoms with Gasteiger partial charge in [-0.3, -0.25) is 4.57 Å². The van der Waals surface area contributed by atoms with Crippen LogP contribution in [0.4, 0.5) is 0 Å². The highest BCUT2D eigenvalue weighted by atomic mass is 31.1. The fourth-order valence-corrected chi connectivity index (χ4v) is 0. The van der Waals surface area contributed by atoms with Crippen molar-refractivity contribution >= 4 is 8.25 Å². The third-order valence-electron chi connectivity index (χ3n) is 0.354. The molecule has 0 fully saturated rings. The van der Waals surface area contributed by atoms with Crippen LogP contribution in [0.25, 0.3) is 0 Å². The van der Waals surface area contributed by atoms with Gasteiger partial charge >= 0.3 is 8.25 Å². The Morgan fingerprint density at radius 1 is 1.62 bits per heavy atom. The van der Waals surface area contributed by atoms with Crippen LogP contribution >= 0.6 is 8.25 Å². The highest BCUT2D eigenvalue weighted by Crippen LogP contribution is 1.98. The minimum atomic E-state index is -3.13. The predicted molar refractivity (Wildman–Crippen MR) is 33.0 cm³/mol. The summed E-state index contributed by atoms with van der Waals surface area (Å²) in [5.74, 6) is 0. The molecule has 0 aromatic heterocycles. The topological polar surface area (TPSA) is 69.6 Å². The molecule has 0 heterocycles. The Hall–Kier alpha value is 0.110. The van der Waals surface area contributed by atoms with Crippen molar-refractivity contribution < 1.29 is 14.4 Å². The van der Waals surface area contributed by atoms with Gasteiger partial charge in [0.2, 0.25) is 0 Å². The van der Waals surface area contributed by atoms with E-state index in [-0.39, 0.29) is 0 Å². The third kappa shape index (κ3) is 129. The standard InChI is InChI=1S/C3H9N.H3O3P/c1-3-4-2;1-4(2)3/h4H,3H2,1-2H3;4H,(H2,1,2,3). The van der Waals surface area contributed by atoms with Gasteiger partial charge in [-0.1, -0.05) is 6.92 Å². The molecule has 0 aliphatic rings. The predicted octanol–water partition coefficient (Wildman–Crippen LogP) is -0.414. The second-order valence-corrected chi connectivity index (χ2v) is 1.55. The van der Waals surface area contributed by atoms with Crippen molar-refractivity contribution in [3.05, 3.63) is 0 Å². The summed E-state index contributed by atoms with van der Waals surface area (Å²) in [5.41, 5.74) is 0. The zero-order valence-corrected chi connectivity index (χ0v) is 6.01. The molecule has 0 unspecified atom stereocenters. The Morgan fingerprint density at radius 2 is 1.75 bits per heavy atom. The Morgan fingerprint density at radius 3 is 1.75 bits per heavy atom. The fraction of sp³-hybridized carbons (Fsp3) is 1.00. The van der Waals surface area contributed by atoms with E-state index in [4.69, 9.17) is 14.4 Å². The average molecular weight is 141 g/mol. The van der Waals surface area contributed by atoms with Gasteiger partial charge in [-0.05, 0) is 13.6 Å². The largest absolute Gasteiger partial charge is 0.326 e. The summed E-state index contributed by atoms with van der Waals surface area (Å²) in [7, 11) is -1.20. The van der Waals surface area contributed by atoms with Crippen LogP contribution in [0.2, 0.25) is 0 Å². The molecular weight excluding hydrogens is 129 g/mol. The lowest BCUT2D eigenvalue weighted by Crippen LogP contribution is -2.01. The summed E-state index contributed by atoms with van der Waals surface area (Å²) in [6.45, 7) is 3.14. The molecule has 0 radical (unpaired) electrons. The SMILES string of the molecule is CCNC.O=[PH](O)O. The molecule has 0 atom stereocenters. The van der Waals surface area contributed by atoms with Gasteiger partial charge in [0.15, 0.2) is 0 Å². The smallest absolute Gasteiger partial charge is 0.314 e. The van der Waals surface area contributed by atoms with Crippen LogP contribution in [-0.4, -0.2) is 23.4 Å². The van der Waals surface area contributed by atoms with E-state index >= 15 is 0 Å². The van der Waals surface area contributed by atoms with Crippen molar-refractivity contribution in [3.63, 3.8) is 0 Å². The number of rotatable bonds is 1. The Labute approximate surface area is 49.5 Å². The molecule has 3 N–H and O–H groups in total. The molecule has 8 heavy (non-hydrogen) atoms. The summed E-state index contributed by atoms with van der Waals surface area (Å²) >= 11 is 0. The van der Waals surface area contributed by atoms with E-state index in [1.807, 2.05) is 7.05 Å². The maximum atomic E-state index is 8.74. The highest BCUT2D eigenvalue weighted by molar-refractivity contribution is 7.30. The fourth-order valence-electron chi connectivity index (χ4n) is 0. The van der Waals surface area contributed by atoms with E-state index in [0.29, 0.717) is 0 Å². The van der Waals surface area contributed by atoms with Gasteiger partial charge in [-0.15, -0.1) is 0 Å². The van der Waals surface area contributed by atoms with E-state index in [1.54, 1.807) is 0 Å². The quantitative estimate of drug-likeness (QED) is 0.434. The van der Waals surface area contributed by atoms with Gasteiger partial charge in [-0.25, -0.2) is 0 Å². The molecule has 0 saturated carbocycles. The first kappa shape index (κ1) is 11.0. The monoisotopic (exact) mass is 141 g/mol. The first-order chi connectivity index (χ1) is 3.65. The van der Waals surface area contributed by atoms with Crippen LogP contribution in [-0.2, 0) is 4.57 Å². The first-order valence-corrected chi connectivity index (χ1v) is 3.51. The molecule has 0 aliphatic heterocycles. The number of nitrogens with one attached hydrogen (secondary N) is 1. The zero-order valence-electron chi connectivity index (χ0n) is 5.01. The first-order valence-electron chi connectivity index (χ1n) is 2.21. The lowest BCUT2D eigenvalue weighted by atomic mass is 10.8. The molecule has 0 bridgehead atoms. The Kier molecular flexibility index (Phi) is 14.0. The minimum absolute atomic E-state index is 1.07. The maximum Gasteiger partial charge on any atom is 0.314 e. The van der Waals surface area contributed by atoms with Gasteiger partial charge in [-0.2, -0.15) is 0 Å². The molecule has 52 valence electrons. The van der Waals surface area contributed by atoms with Crippen LogP contribution in [0.1, 0.15) is 6.92 Å². The Balaban J connectivity index is 0.